The highest BCUT2D eigenvalue weighted by atomic mass is 32.2. The molecule has 0 amide bonds. The lowest BCUT2D eigenvalue weighted by molar-refractivity contribution is 0.306. The van der Waals surface area contributed by atoms with Crippen LogP contribution in [0.3, 0.4) is 0 Å². The van der Waals surface area contributed by atoms with E-state index in [9.17, 15) is 12.8 Å². The van der Waals surface area contributed by atoms with Gasteiger partial charge in [0, 0.05) is 0 Å². The van der Waals surface area contributed by atoms with Gasteiger partial charge in [-0.25, -0.2) is 9.22 Å². The first-order valence-electron chi connectivity index (χ1n) is 8.10. The highest BCUT2D eigenvalue weighted by Gasteiger charge is 2.10. The average Bonchev–Trinajstić information content (AvgIpc) is 2.68. The molecule has 0 aliphatic heterocycles. The van der Waals surface area contributed by atoms with E-state index in [1.165, 1.54) is 30.5 Å². The molecule has 5 nitrogen and oxygen atoms in total. The monoisotopic (exact) mass is 384 g/mol. The molecule has 7 heteroatoms. The first-order chi connectivity index (χ1) is 13.0. The maximum atomic E-state index is 12.9. The third-order valence-corrected chi connectivity index (χ3v) is 4.86. The Morgan fingerprint density at radius 1 is 0.963 bits per heavy atom. The van der Waals surface area contributed by atoms with Crippen LogP contribution < -0.4 is 9.57 Å². The summed E-state index contributed by atoms with van der Waals surface area (Å²) in [5.74, 6) is 0.295. The molecule has 3 aromatic carbocycles. The van der Waals surface area contributed by atoms with Gasteiger partial charge in [-0.1, -0.05) is 42.5 Å². The van der Waals surface area contributed by atoms with Crippen molar-refractivity contribution >= 4 is 16.2 Å². The van der Waals surface area contributed by atoms with Crippen LogP contribution in [0.1, 0.15) is 11.1 Å². The third-order valence-electron chi connectivity index (χ3n) is 3.62. The zero-order valence-electron chi connectivity index (χ0n) is 14.2. The van der Waals surface area contributed by atoms with Crippen molar-refractivity contribution in [3.8, 4) is 5.75 Å². The Morgan fingerprint density at radius 2 is 1.70 bits per heavy atom. The van der Waals surface area contributed by atoms with Gasteiger partial charge in [0.05, 0.1) is 11.1 Å². The quantitative estimate of drug-likeness (QED) is 0.499. The van der Waals surface area contributed by atoms with Gasteiger partial charge in [0.2, 0.25) is 0 Å². The predicted octanol–water partition coefficient (Wildman–Crippen LogP) is 3.72. The summed E-state index contributed by atoms with van der Waals surface area (Å²) < 4.78 is 42.8. The second kappa shape index (κ2) is 8.46. The Labute approximate surface area is 157 Å². The number of nitrogens with zero attached hydrogens (tertiary/aromatic N) is 1. The van der Waals surface area contributed by atoms with E-state index < -0.39 is 10.0 Å². The van der Waals surface area contributed by atoms with Crippen LogP contribution in [0, 0.1) is 5.82 Å². The molecule has 138 valence electrons. The van der Waals surface area contributed by atoms with E-state index in [2.05, 4.69) is 9.93 Å². The van der Waals surface area contributed by atoms with E-state index in [0.717, 1.165) is 5.56 Å². The maximum Gasteiger partial charge on any atom is 0.276 e. The van der Waals surface area contributed by atoms with Crippen LogP contribution in [0.5, 0.6) is 5.75 Å². The third kappa shape index (κ3) is 5.39. The van der Waals surface area contributed by atoms with Gasteiger partial charge in [-0.05, 0) is 47.5 Å². The van der Waals surface area contributed by atoms with Gasteiger partial charge in [0.25, 0.3) is 10.0 Å². The summed E-state index contributed by atoms with van der Waals surface area (Å²) in [4.78, 5) is 2.31. The average molecular weight is 384 g/mol. The lowest BCUT2D eigenvalue weighted by Gasteiger charge is -2.07. The summed E-state index contributed by atoms with van der Waals surface area (Å²) in [6, 6.07) is 21.1. The van der Waals surface area contributed by atoms with E-state index in [1.807, 2.05) is 0 Å². The summed E-state index contributed by atoms with van der Waals surface area (Å²) in [6.45, 7) is 0.293. The lowest BCUT2D eigenvalue weighted by Crippen LogP contribution is -2.18. The molecular formula is C20H17FN2O3S. The van der Waals surface area contributed by atoms with Gasteiger partial charge in [-0.3, -0.25) is 0 Å². The highest BCUT2D eigenvalue weighted by Crippen LogP contribution is 2.15. The first kappa shape index (κ1) is 18.6. The van der Waals surface area contributed by atoms with Crippen molar-refractivity contribution in [3.63, 3.8) is 0 Å². The second-order valence-electron chi connectivity index (χ2n) is 5.65. The van der Waals surface area contributed by atoms with Gasteiger partial charge < -0.3 is 4.74 Å². The molecule has 0 aliphatic rings. The number of hydrazone groups is 1. The van der Waals surface area contributed by atoms with E-state index in [0.29, 0.717) is 17.9 Å². The predicted molar refractivity (Wildman–Crippen MR) is 102 cm³/mol. The minimum absolute atomic E-state index is 0.138. The molecule has 1 N–H and O–H groups in total. The van der Waals surface area contributed by atoms with Crippen LogP contribution >= 0.6 is 0 Å². The number of benzene rings is 3. The molecule has 3 rings (SSSR count). The molecule has 0 saturated heterocycles. The molecule has 0 bridgehead atoms. The van der Waals surface area contributed by atoms with Crippen LogP contribution in [0.25, 0.3) is 0 Å². The standard InChI is InChI=1S/C20H17FN2O3S/c21-18-11-9-16(10-12-18)15-26-19-6-4-5-17(13-19)14-22-23-27(24,25)20-7-2-1-3-8-20/h1-14,23H,15H2/b22-14-. The Hall–Kier alpha value is -3.19. The fourth-order valence-electron chi connectivity index (χ4n) is 2.25. The molecule has 27 heavy (non-hydrogen) atoms. The topological polar surface area (TPSA) is 67.8 Å². The Kier molecular flexibility index (Phi) is 5.83. The van der Waals surface area contributed by atoms with Crippen LogP contribution in [0.4, 0.5) is 4.39 Å². The van der Waals surface area contributed by atoms with Gasteiger partial charge >= 0.3 is 0 Å². The van der Waals surface area contributed by atoms with E-state index in [-0.39, 0.29) is 10.7 Å². The Morgan fingerprint density at radius 3 is 2.44 bits per heavy atom. The van der Waals surface area contributed by atoms with Crippen molar-refractivity contribution in [3.05, 3.63) is 95.8 Å². The minimum atomic E-state index is -3.70. The number of hydrogen-bond donors (Lipinski definition) is 1. The van der Waals surface area contributed by atoms with E-state index >= 15 is 0 Å². The minimum Gasteiger partial charge on any atom is -0.489 e. The summed E-state index contributed by atoms with van der Waals surface area (Å²) in [6.07, 6.45) is 1.39. The van der Waals surface area contributed by atoms with Crippen LogP contribution in [-0.2, 0) is 16.6 Å². The smallest absolute Gasteiger partial charge is 0.276 e. The Bertz CT molecular complexity index is 1020. The molecule has 0 heterocycles. The molecule has 0 aliphatic carbocycles. The van der Waals surface area contributed by atoms with Crippen LogP contribution in [-0.4, -0.2) is 14.6 Å². The molecule has 0 aromatic heterocycles. The molecule has 0 unspecified atom stereocenters. The largest absolute Gasteiger partial charge is 0.489 e. The fraction of sp³-hybridized carbons (Fsp3) is 0.0500. The van der Waals surface area contributed by atoms with Gasteiger partial charge in [0.15, 0.2) is 0 Å². The Balaban J connectivity index is 1.61. The normalized spacial score (nSPS) is 11.4. The summed E-state index contributed by atoms with van der Waals surface area (Å²) in [5.41, 5.74) is 1.51. The molecule has 3 aromatic rings. The van der Waals surface area contributed by atoms with Crippen molar-refractivity contribution in [1.82, 2.24) is 4.83 Å². The fourth-order valence-corrected chi connectivity index (χ4v) is 3.07. The molecular weight excluding hydrogens is 367 g/mol. The van der Waals surface area contributed by atoms with Crippen LogP contribution in [0.15, 0.2) is 88.9 Å². The highest BCUT2D eigenvalue weighted by molar-refractivity contribution is 7.89. The number of halogens is 1. The number of hydrogen-bond acceptors (Lipinski definition) is 4. The molecule has 0 spiro atoms. The summed E-state index contributed by atoms with van der Waals surface area (Å²) in [5, 5.41) is 3.80. The second-order valence-corrected chi connectivity index (χ2v) is 7.31. The number of rotatable bonds is 7. The van der Waals surface area contributed by atoms with Gasteiger partial charge in [0.1, 0.15) is 18.2 Å². The van der Waals surface area contributed by atoms with Gasteiger partial charge in [-0.2, -0.15) is 13.5 Å². The molecule has 0 radical (unpaired) electrons. The SMILES string of the molecule is O=S(=O)(N/N=C\c1cccc(OCc2ccc(F)cc2)c1)c1ccccc1. The van der Waals surface area contributed by atoms with E-state index in [4.69, 9.17) is 4.74 Å². The first-order valence-corrected chi connectivity index (χ1v) is 9.58. The number of nitrogens with one attached hydrogen (secondary N) is 1. The van der Waals surface area contributed by atoms with Crippen LogP contribution in [0.2, 0.25) is 0 Å². The molecule has 0 atom stereocenters. The number of sulfonamides is 1. The summed E-state index contributed by atoms with van der Waals surface area (Å²) in [7, 11) is -3.70. The van der Waals surface area contributed by atoms with Crippen molar-refractivity contribution in [2.75, 3.05) is 0 Å². The number of ether oxygens (including phenoxy) is 1. The van der Waals surface area contributed by atoms with E-state index in [1.54, 1.807) is 54.6 Å². The maximum absolute atomic E-state index is 12.9. The molecule has 0 saturated carbocycles. The zero-order chi connectivity index (χ0) is 19.1. The summed E-state index contributed by atoms with van der Waals surface area (Å²) >= 11 is 0. The van der Waals surface area contributed by atoms with Crippen molar-refractivity contribution in [1.29, 1.82) is 0 Å². The van der Waals surface area contributed by atoms with Crippen molar-refractivity contribution in [2.45, 2.75) is 11.5 Å². The van der Waals surface area contributed by atoms with Crippen molar-refractivity contribution in [2.24, 2.45) is 5.10 Å². The van der Waals surface area contributed by atoms with Crippen molar-refractivity contribution < 1.29 is 17.5 Å². The lowest BCUT2D eigenvalue weighted by atomic mass is 10.2. The molecule has 0 fully saturated rings. The zero-order valence-corrected chi connectivity index (χ0v) is 15.1. The van der Waals surface area contributed by atoms with Gasteiger partial charge in [-0.15, -0.1) is 0 Å².